The third-order valence-corrected chi connectivity index (χ3v) is 4.88. The number of aromatic nitrogens is 1. The summed E-state index contributed by atoms with van der Waals surface area (Å²) in [5.74, 6) is -0.714. The number of rotatable bonds is 2. The lowest BCUT2D eigenvalue weighted by molar-refractivity contribution is -0.384. The highest BCUT2D eigenvalue weighted by Gasteiger charge is 2.35. The molecule has 1 aliphatic heterocycles. The van der Waals surface area contributed by atoms with Crippen molar-refractivity contribution in [3.05, 3.63) is 91.6 Å². The summed E-state index contributed by atoms with van der Waals surface area (Å²) >= 11 is 0. The number of ether oxygens (including phenoxy) is 1. The second-order valence-corrected chi connectivity index (χ2v) is 6.40. The van der Waals surface area contributed by atoms with Crippen LogP contribution in [-0.4, -0.2) is 9.49 Å². The number of hydrogen-bond acceptors (Lipinski definition) is 6. The van der Waals surface area contributed by atoms with Crippen LogP contribution >= 0.6 is 0 Å². The number of nitro benzene ring substituents is 1. The van der Waals surface area contributed by atoms with Gasteiger partial charge in [0.05, 0.1) is 21.9 Å². The van der Waals surface area contributed by atoms with Crippen LogP contribution in [-0.2, 0) is 7.05 Å². The van der Waals surface area contributed by atoms with Gasteiger partial charge in [-0.25, -0.2) is 0 Å². The molecule has 0 amide bonds. The molecule has 1 atom stereocenters. The number of nitro groups is 1. The Morgan fingerprint density at radius 2 is 2.00 bits per heavy atom. The van der Waals surface area contributed by atoms with Crippen molar-refractivity contribution in [2.75, 3.05) is 0 Å². The van der Waals surface area contributed by atoms with Crippen LogP contribution in [0.1, 0.15) is 17.0 Å². The van der Waals surface area contributed by atoms with E-state index >= 15 is 0 Å². The maximum atomic E-state index is 13.2. The number of benzene rings is 2. The van der Waals surface area contributed by atoms with Crippen molar-refractivity contribution in [1.29, 1.82) is 5.26 Å². The number of nitrogens with zero attached hydrogens (tertiary/aromatic N) is 3. The van der Waals surface area contributed by atoms with Gasteiger partial charge in [-0.15, -0.1) is 0 Å². The highest BCUT2D eigenvalue weighted by molar-refractivity contribution is 5.88. The van der Waals surface area contributed by atoms with Crippen LogP contribution in [0.4, 0.5) is 5.69 Å². The molecule has 0 fully saturated rings. The number of pyridine rings is 1. The van der Waals surface area contributed by atoms with Gasteiger partial charge in [-0.1, -0.05) is 24.3 Å². The van der Waals surface area contributed by atoms with E-state index in [0.29, 0.717) is 16.5 Å². The molecular weight excluding hydrogens is 360 g/mol. The zero-order valence-electron chi connectivity index (χ0n) is 14.7. The largest absolute Gasteiger partial charge is 0.439 e. The number of aryl methyl sites for hydroxylation is 1. The average Bonchev–Trinajstić information content (AvgIpc) is 2.71. The molecule has 8 nitrogen and oxygen atoms in total. The fourth-order valence-electron chi connectivity index (χ4n) is 3.58. The molecule has 2 aromatic carbocycles. The van der Waals surface area contributed by atoms with Gasteiger partial charge in [0.25, 0.3) is 11.2 Å². The Morgan fingerprint density at radius 1 is 1.25 bits per heavy atom. The maximum Gasteiger partial charge on any atom is 0.269 e. The van der Waals surface area contributed by atoms with Crippen LogP contribution in [0.3, 0.4) is 0 Å². The minimum Gasteiger partial charge on any atom is -0.439 e. The number of nitrogens with two attached hydrogens (primary N) is 1. The molecule has 0 spiro atoms. The van der Waals surface area contributed by atoms with E-state index in [1.54, 1.807) is 37.4 Å². The fraction of sp³-hybridized carbons (Fsp3) is 0.100. The summed E-state index contributed by atoms with van der Waals surface area (Å²) in [5, 5.41) is 21.5. The third kappa shape index (κ3) is 2.41. The van der Waals surface area contributed by atoms with E-state index < -0.39 is 10.8 Å². The van der Waals surface area contributed by atoms with E-state index in [2.05, 4.69) is 0 Å². The molecule has 2 N–H and O–H groups in total. The standard InChI is InChI=1S/C20H14N4O4/c1-23-15-8-3-2-7-13(15)18-17(20(23)25)16(14(10-21)19(22)28-18)11-5-4-6-12(9-11)24(26)27/h2-9,16H,22H2,1H3. The highest BCUT2D eigenvalue weighted by atomic mass is 16.6. The summed E-state index contributed by atoms with van der Waals surface area (Å²) in [4.78, 5) is 23.9. The number of hydrogen-bond donors (Lipinski definition) is 1. The lowest BCUT2D eigenvalue weighted by Crippen LogP contribution is -2.31. The normalized spacial score (nSPS) is 15.6. The van der Waals surface area contributed by atoms with Crippen molar-refractivity contribution in [2.45, 2.75) is 5.92 Å². The van der Waals surface area contributed by atoms with Gasteiger partial charge >= 0.3 is 0 Å². The Labute approximate surface area is 158 Å². The summed E-state index contributed by atoms with van der Waals surface area (Å²) in [6.45, 7) is 0. The molecule has 1 aliphatic rings. The minimum atomic E-state index is -0.864. The predicted molar refractivity (Wildman–Crippen MR) is 102 cm³/mol. The molecule has 1 aromatic heterocycles. The van der Waals surface area contributed by atoms with Crippen LogP contribution in [0.15, 0.2) is 64.8 Å². The molecule has 2 heterocycles. The van der Waals surface area contributed by atoms with E-state index in [1.165, 1.54) is 22.8 Å². The van der Waals surface area contributed by atoms with Crippen LogP contribution in [0, 0.1) is 21.4 Å². The Kier molecular flexibility index (Phi) is 3.86. The first-order valence-corrected chi connectivity index (χ1v) is 8.37. The van der Waals surface area contributed by atoms with Crippen LogP contribution in [0.5, 0.6) is 5.75 Å². The molecular formula is C20H14N4O4. The van der Waals surface area contributed by atoms with Crippen molar-refractivity contribution in [3.8, 4) is 11.8 Å². The summed E-state index contributed by atoms with van der Waals surface area (Å²) in [5.41, 5.74) is 6.85. The van der Waals surface area contributed by atoms with Gasteiger partial charge in [-0.2, -0.15) is 5.26 Å². The topological polar surface area (TPSA) is 124 Å². The Morgan fingerprint density at radius 3 is 2.71 bits per heavy atom. The smallest absolute Gasteiger partial charge is 0.269 e. The van der Waals surface area contributed by atoms with Gasteiger partial charge in [0.1, 0.15) is 17.4 Å². The molecule has 3 aromatic rings. The Hall–Kier alpha value is -4.12. The van der Waals surface area contributed by atoms with Crippen molar-refractivity contribution in [2.24, 2.45) is 12.8 Å². The van der Waals surface area contributed by atoms with E-state index in [-0.39, 0.29) is 34.0 Å². The lowest BCUT2D eigenvalue weighted by Gasteiger charge is -2.27. The SMILES string of the molecule is Cn1c(=O)c2c(c3ccccc31)OC(N)=C(C#N)C2c1cccc([N+](=O)[O-])c1. The first kappa shape index (κ1) is 17.3. The summed E-state index contributed by atoms with van der Waals surface area (Å²) < 4.78 is 7.17. The van der Waals surface area contributed by atoms with E-state index in [0.717, 1.165) is 0 Å². The molecule has 0 saturated carbocycles. The van der Waals surface area contributed by atoms with Crippen molar-refractivity contribution in [3.63, 3.8) is 0 Å². The molecule has 0 saturated heterocycles. The summed E-state index contributed by atoms with van der Waals surface area (Å²) in [6, 6.07) is 15.0. The fourth-order valence-corrected chi connectivity index (χ4v) is 3.58. The second-order valence-electron chi connectivity index (χ2n) is 6.40. The van der Waals surface area contributed by atoms with Crippen LogP contribution in [0.2, 0.25) is 0 Å². The van der Waals surface area contributed by atoms with E-state index in [1.807, 2.05) is 6.07 Å². The Balaban J connectivity index is 2.11. The van der Waals surface area contributed by atoms with Crippen LogP contribution in [0.25, 0.3) is 10.9 Å². The maximum absolute atomic E-state index is 13.2. The summed E-state index contributed by atoms with van der Waals surface area (Å²) in [7, 11) is 1.63. The predicted octanol–water partition coefficient (Wildman–Crippen LogP) is 2.66. The quantitative estimate of drug-likeness (QED) is 0.543. The number of nitriles is 1. The minimum absolute atomic E-state index is 0.0420. The lowest BCUT2D eigenvalue weighted by atomic mass is 9.83. The van der Waals surface area contributed by atoms with Crippen molar-refractivity contribution >= 4 is 16.6 Å². The number of fused-ring (bicyclic) bond motifs is 3. The van der Waals surface area contributed by atoms with Gasteiger partial charge in [0.2, 0.25) is 5.88 Å². The van der Waals surface area contributed by atoms with E-state index in [4.69, 9.17) is 10.5 Å². The number of para-hydroxylation sites is 1. The molecule has 0 radical (unpaired) electrons. The van der Waals surface area contributed by atoms with Gasteiger partial charge < -0.3 is 15.0 Å². The van der Waals surface area contributed by atoms with Crippen molar-refractivity contribution in [1.82, 2.24) is 4.57 Å². The molecule has 8 heteroatoms. The van der Waals surface area contributed by atoms with Crippen molar-refractivity contribution < 1.29 is 9.66 Å². The second kappa shape index (κ2) is 6.25. The zero-order chi connectivity index (χ0) is 20.0. The summed E-state index contributed by atoms with van der Waals surface area (Å²) in [6.07, 6.45) is 0. The molecule has 0 aliphatic carbocycles. The molecule has 28 heavy (non-hydrogen) atoms. The highest BCUT2D eigenvalue weighted by Crippen LogP contribution is 2.43. The van der Waals surface area contributed by atoms with Gasteiger partial charge in [0.15, 0.2) is 0 Å². The third-order valence-electron chi connectivity index (χ3n) is 4.88. The number of non-ortho nitro benzene ring substituents is 1. The Bertz CT molecular complexity index is 1280. The van der Waals surface area contributed by atoms with Gasteiger partial charge in [0, 0.05) is 24.6 Å². The first-order valence-electron chi connectivity index (χ1n) is 8.37. The zero-order valence-corrected chi connectivity index (χ0v) is 14.7. The van der Waals surface area contributed by atoms with Gasteiger partial charge in [-0.3, -0.25) is 14.9 Å². The van der Waals surface area contributed by atoms with Crippen LogP contribution < -0.4 is 16.0 Å². The molecule has 4 rings (SSSR count). The molecule has 0 bridgehead atoms. The monoisotopic (exact) mass is 374 g/mol. The van der Waals surface area contributed by atoms with Gasteiger partial charge in [-0.05, 0) is 17.7 Å². The average molecular weight is 374 g/mol. The molecule has 1 unspecified atom stereocenters. The molecule has 138 valence electrons. The van der Waals surface area contributed by atoms with E-state index in [9.17, 15) is 20.2 Å². The first-order chi connectivity index (χ1) is 13.4. The number of allylic oxidation sites excluding steroid dienone is 1.